The minimum atomic E-state index is -0.447. The van der Waals surface area contributed by atoms with Gasteiger partial charge in [0.1, 0.15) is 5.70 Å². The van der Waals surface area contributed by atoms with Crippen molar-refractivity contribution in [3.05, 3.63) is 123 Å². The molecule has 0 saturated carbocycles. The van der Waals surface area contributed by atoms with Crippen LogP contribution in [0.25, 0.3) is 17.3 Å². The molecule has 3 aromatic carbocycles. The molecule has 2 aromatic heterocycles. The average Bonchev–Trinajstić information content (AvgIpc) is 3.71. The number of anilines is 2. The molecule has 216 valence electrons. The van der Waals surface area contributed by atoms with Gasteiger partial charge in [-0.05, 0) is 78.7 Å². The summed E-state index contributed by atoms with van der Waals surface area (Å²) in [5.41, 5.74) is 4.96. The third-order valence-electron chi connectivity index (χ3n) is 6.26. The first-order valence-electron chi connectivity index (χ1n) is 13.4. The van der Waals surface area contributed by atoms with Gasteiger partial charge in [-0.1, -0.05) is 48.0 Å². The first-order chi connectivity index (χ1) is 20.8. The second kappa shape index (κ2) is 14.1. The molecule has 43 heavy (non-hydrogen) atoms. The number of benzene rings is 3. The average molecular weight is 625 g/mol. The van der Waals surface area contributed by atoms with Gasteiger partial charge in [0.05, 0.1) is 10.9 Å². The molecule has 0 aliphatic heterocycles. The van der Waals surface area contributed by atoms with Gasteiger partial charge in [0.15, 0.2) is 5.13 Å². The molecule has 0 saturated heterocycles. The van der Waals surface area contributed by atoms with Crippen LogP contribution < -0.4 is 16.0 Å². The summed E-state index contributed by atoms with van der Waals surface area (Å²) in [6, 6.07) is 25.9. The van der Waals surface area contributed by atoms with Gasteiger partial charge < -0.3 is 16.0 Å². The lowest BCUT2D eigenvalue weighted by molar-refractivity contribution is -0.115. The largest absolute Gasteiger partial charge is 0.321 e. The predicted octanol–water partition coefficient (Wildman–Crippen LogP) is 7.71. The van der Waals surface area contributed by atoms with Crippen LogP contribution in [0, 0.1) is 6.92 Å². The van der Waals surface area contributed by atoms with Crippen LogP contribution >= 0.6 is 34.4 Å². The Labute approximate surface area is 262 Å². The van der Waals surface area contributed by atoms with Gasteiger partial charge in [0, 0.05) is 27.1 Å². The zero-order valence-corrected chi connectivity index (χ0v) is 25.8. The predicted molar refractivity (Wildman–Crippen MR) is 178 cm³/mol. The van der Waals surface area contributed by atoms with E-state index >= 15 is 0 Å². The standard InChI is InChI=1S/C33H28N4O3S3/c1-21-8-10-24(11-9-21)29-20-42-33(36-29)37-30(38)22(2)43-27-14-12-26(13-15-27)34-32(40)28(18-23-16-17-41-19-23)35-31(39)25-6-4-3-5-7-25/h3-20,22H,1-2H3,(H,34,40)(H,35,39)(H,36,37,38)/b28-18-. The van der Waals surface area contributed by atoms with Crippen molar-refractivity contribution in [2.45, 2.75) is 24.0 Å². The first kappa shape index (κ1) is 30.0. The Morgan fingerprint density at radius 3 is 2.33 bits per heavy atom. The zero-order chi connectivity index (χ0) is 30.2. The van der Waals surface area contributed by atoms with Gasteiger partial charge >= 0.3 is 0 Å². The third kappa shape index (κ3) is 8.29. The molecule has 0 aliphatic carbocycles. The Hall–Kier alpha value is -4.51. The summed E-state index contributed by atoms with van der Waals surface area (Å²) in [7, 11) is 0. The SMILES string of the molecule is Cc1ccc(-c2csc(NC(=O)C(C)Sc3ccc(NC(=O)/C(=C/c4ccsc4)NC(=O)c4ccccc4)cc3)n2)cc1. The van der Waals surface area contributed by atoms with Crippen molar-refractivity contribution in [1.29, 1.82) is 0 Å². The lowest BCUT2D eigenvalue weighted by atomic mass is 10.1. The molecule has 5 rings (SSSR count). The van der Waals surface area contributed by atoms with Gasteiger partial charge in [-0.15, -0.1) is 23.1 Å². The number of rotatable bonds is 10. The maximum atomic E-state index is 13.2. The summed E-state index contributed by atoms with van der Waals surface area (Å²) in [4.78, 5) is 44.2. The van der Waals surface area contributed by atoms with Crippen molar-refractivity contribution in [3.63, 3.8) is 0 Å². The van der Waals surface area contributed by atoms with Crippen molar-refractivity contribution in [2.75, 3.05) is 10.6 Å². The highest BCUT2D eigenvalue weighted by atomic mass is 32.2. The molecule has 1 unspecified atom stereocenters. The molecule has 0 aliphatic rings. The summed E-state index contributed by atoms with van der Waals surface area (Å²) in [5.74, 6) is -0.970. The summed E-state index contributed by atoms with van der Waals surface area (Å²) in [6.07, 6.45) is 1.64. The Balaban J connectivity index is 1.18. The van der Waals surface area contributed by atoms with E-state index in [1.165, 1.54) is 40.0 Å². The summed E-state index contributed by atoms with van der Waals surface area (Å²) in [5, 5.41) is 14.4. The third-order valence-corrected chi connectivity index (χ3v) is 8.83. The topological polar surface area (TPSA) is 100 Å². The number of hydrogen-bond acceptors (Lipinski definition) is 7. The van der Waals surface area contributed by atoms with Crippen molar-refractivity contribution < 1.29 is 14.4 Å². The molecule has 0 radical (unpaired) electrons. The van der Waals surface area contributed by atoms with Crippen molar-refractivity contribution >= 4 is 69.1 Å². The zero-order valence-electron chi connectivity index (χ0n) is 23.4. The van der Waals surface area contributed by atoms with E-state index in [1.54, 1.807) is 42.5 Å². The van der Waals surface area contributed by atoms with E-state index in [-0.39, 0.29) is 22.8 Å². The molecule has 3 amide bonds. The number of amides is 3. The maximum absolute atomic E-state index is 13.2. The van der Waals surface area contributed by atoms with E-state index in [4.69, 9.17) is 0 Å². The van der Waals surface area contributed by atoms with Crippen LogP contribution in [0.15, 0.2) is 112 Å². The van der Waals surface area contributed by atoms with E-state index in [0.29, 0.717) is 16.4 Å². The number of thiophene rings is 1. The van der Waals surface area contributed by atoms with Gasteiger partial charge in [0.25, 0.3) is 11.8 Å². The smallest absolute Gasteiger partial charge is 0.272 e. The molecule has 3 N–H and O–H groups in total. The number of nitrogens with one attached hydrogen (secondary N) is 3. The second-order valence-corrected chi connectivity index (χ2v) is 12.6. The van der Waals surface area contributed by atoms with E-state index in [9.17, 15) is 14.4 Å². The fraction of sp³-hybridized carbons (Fsp3) is 0.0909. The number of aryl methyl sites for hydroxylation is 1. The normalized spacial score (nSPS) is 11.9. The monoisotopic (exact) mass is 624 g/mol. The van der Waals surface area contributed by atoms with Crippen molar-refractivity contribution in [2.24, 2.45) is 0 Å². The highest BCUT2D eigenvalue weighted by molar-refractivity contribution is 8.00. The number of carbonyl (C=O) groups is 3. The Kier molecular flexibility index (Phi) is 9.83. The number of thioether (sulfide) groups is 1. The van der Waals surface area contributed by atoms with Crippen LogP contribution in [-0.4, -0.2) is 28.0 Å². The molecule has 0 fully saturated rings. The Morgan fingerprint density at radius 1 is 0.884 bits per heavy atom. The quantitative estimate of drug-likeness (QED) is 0.109. The summed E-state index contributed by atoms with van der Waals surface area (Å²) in [6.45, 7) is 3.87. The molecule has 2 heterocycles. The van der Waals surface area contributed by atoms with E-state index in [2.05, 4.69) is 20.9 Å². The highest BCUT2D eigenvalue weighted by Gasteiger charge is 2.18. The number of aromatic nitrogens is 1. The second-order valence-electron chi connectivity index (χ2n) is 9.57. The fourth-order valence-electron chi connectivity index (χ4n) is 3.93. The number of nitrogens with zero attached hydrogens (tertiary/aromatic N) is 1. The van der Waals surface area contributed by atoms with Crippen LogP contribution in [0.1, 0.15) is 28.4 Å². The molecule has 1 atom stereocenters. The van der Waals surface area contributed by atoms with Gasteiger partial charge in [-0.25, -0.2) is 4.98 Å². The van der Waals surface area contributed by atoms with Crippen LogP contribution in [0.2, 0.25) is 0 Å². The Morgan fingerprint density at radius 2 is 1.63 bits per heavy atom. The minimum Gasteiger partial charge on any atom is -0.321 e. The summed E-state index contributed by atoms with van der Waals surface area (Å²) >= 11 is 4.29. The van der Waals surface area contributed by atoms with E-state index < -0.39 is 5.91 Å². The van der Waals surface area contributed by atoms with Crippen molar-refractivity contribution in [1.82, 2.24) is 10.3 Å². The molecular weight excluding hydrogens is 597 g/mol. The molecule has 10 heteroatoms. The van der Waals surface area contributed by atoms with Crippen LogP contribution in [-0.2, 0) is 9.59 Å². The lowest BCUT2D eigenvalue weighted by Gasteiger charge is -2.13. The minimum absolute atomic E-state index is 0.128. The van der Waals surface area contributed by atoms with Crippen molar-refractivity contribution in [3.8, 4) is 11.3 Å². The van der Waals surface area contributed by atoms with Gasteiger partial charge in [0.2, 0.25) is 5.91 Å². The van der Waals surface area contributed by atoms with E-state index in [1.807, 2.05) is 78.5 Å². The van der Waals surface area contributed by atoms with Gasteiger partial charge in [-0.3, -0.25) is 14.4 Å². The molecule has 0 bridgehead atoms. The van der Waals surface area contributed by atoms with Crippen LogP contribution in [0.5, 0.6) is 0 Å². The number of thiazole rings is 1. The molecule has 5 aromatic rings. The van der Waals surface area contributed by atoms with Gasteiger partial charge in [-0.2, -0.15) is 11.3 Å². The van der Waals surface area contributed by atoms with E-state index in [0.717, 1.165) is 21.7 Å². The number of carbonyl (C=O) groups excluding carboxylic acids is 3. The summed E-state index contributed by atoms with van der Waals surface area (Å²) < 4.78 is 0. The van der Waals surface area contributed by atoms with Crippen LogP contribution in [0.3, 0.4) is 0 Å². The maximum Gasteiger partial charge on any atom is 0.272 e. The fourth-order valence-corrected chi connectivity index (χ4v) is 6.14. The molecule has 7 nitrogen and oxygen atoms in total. The van der Waals surface area contributed by atoms with Crippen LogP contribution in [0.4, 0.5) is 10.8 Å². The first-order valence-corrected chi connectivity index (χ1v) is 16.1. The lowest BCUT2D eigenvalue weighted by Crippen LogP contribution is -2.30. The Bertz CT molecular complexity index is 1730. The molecule has 0 spiro atoms. The number of hydrogen-bond donors (Lipinski definition) is 3. The molecular formula is C33H28N4O3S3. The highest BCUT2D eigenvalue weighted by Crippen LogP contribution is 2.28.